The zero-order valence-corrected chi connectivity index (χ0v) is 21.7. The van der Waals surface area contributed by atoms with Crippen molar-refractivity contribution in [3.05, 3.63) is 62.7 Å². The quantitative estimate of drug-likeness (QED) is 0.377. The Kier molecular flexibility index (Phi) is 6.73. The van der Waals surface area contributed by atoms with Gasteiger partial charge in [0.05, 0.1) is 24.1 Å². The van der Waals surface area contributed by atoms with E-state index in [4.69, 9.17) is 5.73 Å². The largest absolute Gasteiger partial charge is 0.356 e. The van der Waals surface area contributed by atoms with Crippen LogP contribution in [0.5, 0.6) is 0 Å². The average molecular weight is 515 g/mol. The standard InChI is InChI=1S/C27H30N8O3/c1-4-5-13-34-23-22(21(24(36)29-2)25(34)33-12-8-10-18(28)15-33)32(3)27(38)35(26(23)37)16-20-30-14-17-9-6-7-11-19(17)31-20/h6-7,9,11,14,18H,8,10,12-13,15-16,28H2,1-3H3,(H,29,36)/t18-/m1/s1. The zero-order chi connectivity index (χ0) is 27.0. The molecule has 5 rings (SSSR count). The van der Waals surface area contributed by atoms with Gasteiger partial charge in [0.25, 0.3) is 11.5 Å². The first-order valence-electron chi connectivity index (χ1n) is 12.5. The molecule has 4 heterocycles. The molecular formula is C27H30N8O3. The van der Waals surface area contributed by atoms with E-state index in [2.05, 4.69) is 27.1 Å². The molecule has 0 spiro atoms. The number of nitrogens with one attached hydrogen (secondary N) is 1. The van der Waals surface area contributed by atoms with Gasteiger partial charge in [-0.2, -0.15) is 0 Å². The molecule has 0 saturated carbocycles. The molecule has 3 N–H and O–H groups in total. The fourth-order valence-corrected chi connectivity index (χ4v) is 5.17. The monoisotopic (exact) mass is 514 g/mol. The molecule has 11 heteroatoms. The van der Waals surface area contributed by atoms with E-state index in [-0.39, 0.29) is 35.7 Å². The Hall–Kier alpha value is -4.43. The highest BCUT2D eigenvalue weighted by atomic mass is 16.2. The molecule has 1 fully saturated rings. The number of hydrogen-bond donors (Lipinski definition) is 2. The van der Waals surface area contributed by atoms with E-state index in [1.165, 1.54) is 11.6 Å². The first-order chi connectivity index (χ1) is 18.3. The summed E-state index contributed by atoms with van der Waals surface area (Å²) in [5.74, 6) is 6.40. The lowest BCUT2D eigenvalue weighted by Crippen LogP contribution is -2.44. The number of nitrogens with zero attached hydrogens (tertiary/aromatic N) is 6. The number of anilines is 1. The minimum atomic E-state index is -0.565. The molecule has 1 aromatic carbocycles. The SMILES string of the molecule is CC#CCn1c(N2CCC[C@@H](N)C2)c(C(=O)NC)c2c1c(=O)n(Cc1ncc3ccccc3n1)c(=O)n2C. The summed E-state index contributed by atoms with van der Waals surface area (Å²) in [5.41, 5.74) is 6.66. The van der Waals surface area contributed by atoms with Crippen molar-refractivity contribution in [3.63, 3.8) is 0 Å². The number of carbonyl (C=O) groups is 1. The summed E-state index contributed by atoms with van der Waals surface area (Å²) in [4.78, 5) is 51.8. The van der Waals surface area contributed by atoms with Gasteiger partial charge in [0.15, 0.2) is 0 Å². The molecule has 38 heavy (non-hydrogen) atoms. The van der Waals surface area contributed by atoms with Gasteiger partial charge in [-0.3, -0.25) is 18.7 Å². The van der Waals surface area contributed by atoms with Crippen molar-refractivity contribution in [1.82, 2.24) is 29.0 Å². The van der Waals surface area contributed by atoms with E-state index in [1.807, 2.05) is 29.2 Å². The Morgan fingerprint density at radius 2 is 2.00 bits per heavy atom. The molecule has 0 radical (unpaired) electrons. The lowest BCUT2D eigenvalue weighted by atomic mass is 10.1. The third kappa shape index (κ3) is 4.22. The summed E-state index contributed by atoms with van der Waals surface area (Å²) in [7, 11) is 3.09. The number of piperidine rings is 1. The van der Waals surface area contributed by atoms with Gasteiger partial charge in [0.2, 0.25) is 0 Å². The summed E-state index contributed by atoms with van der Waals surface area (Å²) in [6.45, 7) is 2.96. The third-order valence-corrected chi connectivity index (χ3v) is 6.98. The van der Waals surface area contributed by atoms with Gasteiger partial charge in [-0.1, -0.05) is 24.1 Å². The van der Waals surface area contributed by atoms with Crippen molar-refractivity contribution in [2.75, 3.05) is 25.0 Å². The number of carbonyl (C=O) groups excluding carboxylic acids is 1. The van der Waals surface area contributed by atoms with Crippen LogP contribution in [-0.4, -0.2) is 55.8 Å². The highest BCUT2D eigenvalue weighted by Gasteiger charge is 2.32. The number of aromatic nitrogens is 5. The minimum Gasteiger partial charge on any atom is -0.356 e. The van der Waals surface area contributed by atoms with Gasteiger partial charge in [-0.15, -0.1) is 5.92 Å². The van der Waals surface area contributed by atoms with Gasteiger partial charge < -0.3 is 20.5 Å². The maximum absolute atomic E-state index is 14.0. The lowest BCUT2D eigenvalue weighted by molar-refractivity contribution is 0.0964. The highest BCUT2D eigenvalue weighted by molar-refractivity contribution is 6.11. The Morgan fingerprint density at radius 1 is 1.21 bits per heavy atom. The molecule has 196 valence electrons. The number of hydrogen-bond acceptors (Lipinski definition) is 7. The molecule has 1 aliphatic rings. The van der Waals surface area contributed by atoms with Crippen LogP contribution in [0.2, 0.25) is 0 Å². The van der Waals surface area contributed by atoms with Crippen molar-refractivity contribution in [1.29, 1.82) is 0 Å². The van der Waals surface area contributed by atoms with Crippen molar-refractivity contribution >= 4 is 33.7 Å². The van der Waals surface area contributed by atoms with Crippen LogP contribution >= 0.6 is 0 Å². The fourth-order valence-electron chi connectivity index (χ4n) is 5.17. The average Bonchev–Trinajstić information content (AvgIpc) is 3.27. The number of fused-ring (bicyclic) bond motifs is 2. The maximum atomic E-state index is 14.0. The molecule has 0 aliphatic carbocycles. The van der Waals surface area contributed by atoms with Crippen molar-refractivity contribution < 1.29 is 4.79 Å². The Balaban J connectivity index is 1.79. The number of amides is 1. The van der Waals surface area contributed by atoms with Crippen LogP contribution in [0, 0.1) is 11.8 Å². The zero-order valence-electron chi connectivity index (χ0n) is 21.7. The summed E-state index contributed by atoms with van der Waals surface area (Å²) in [6.07, 6.45) is 3.39. The first-order valence-corrected chi connectivity index (χ1v) is 12.5. The van der Waals surface area contributed by atoms with E-state index in [0.29, 0.717) is 24.7 Å². The topological polar surface area (TPSA) is 133 Å². The van der Waals surface area contributed by atoms with Crippen LogP contribution in [0.3, 0.4) is 0 Å². The minimum absolute atomic E-state index is 0.0736. The van der Waals surface area contributed by atoms with Gasteiger partial charge in [0.1, 0.15) is 22.7 Å². The third-order valence-electron chi connectivity index (χ3n) is 6.98. The Morgan fingerprint density at radius 3 is 2.74 bits per heavy atom. The summed E-state index contributed by atoms with van der Waals surface area (Å²) < 4.78 is 4.21. The van der Waals surface area contributed by atoms with Crippen LogP contribution < -0.4 is 27.2 Å². The predicted molar refractivity (Wildman–Crippen MR) is 146 cm³/mol. The molecule has 1 aliphatic heterocycles. The van der Waals surface area contributed by atoms with Crippen LogP contribution in [0.1, 0.15) is 35.9 Å². The Labute approximate surface area is 218 Å². The summed E-state index contributed by atoms with van der Waals surface area (Å²) >= 11 is 0. The smallest absolute Gasteiger partial charge is 0.331 e. The maximum Gasteiger partial charge on any atom is 0.331 e. The molecule has 1 amide bonds. The van der Waals surface area contributed by atoms with Crippen molar-refractivity contribution in [2.45, 2.75) is 38.9 Å². The number of rotatable bonds is 5. The summed E-state index contributed by atoms with van der Waals surface area (Å²) in [6, 6.07) is 7.43. The predicted octanol–water partition coefficient (Wildman–Crippen LogP) is 0.804. The van der Waals surface area contributed by atoms with E-state index in [1.54, 1.807) is 24.7 Å². The fraction of sp³-hybridized carbons (Fsp3) is 0.370. The molecule has 11 nitrogen and oxygen atoms in total. The van der Waals surface area contributed by atoms with Gasteiger partial charge in [0, 0.05) is 44.8 Å². The summed E-state index contributed by atoms with van der Waals surface area (Å²) in [5, 5.41) is 3.54. The Bertz CT molecular complexity index is 1740. The van der Waals surface area contributed by atoms with Crippen molar-refractivity contribution in [3.8, 4) is 11.8 Å². The van der Waals surface area contributed by atoms with Gasteiger partial charge in [-0.25, -0.2) is 14.8 Å². The number of para-hydroxylation sites is 1. The molecule has 1 atom stereocenters. The second kappa shape index (κ2) is 10.1. The van der Waals surface area contributed by atoms with Crippen LogP contribution in [0.15, 0.2) is 40.1 Å². The number of nitrogens with two attached hydrogens (primary N) is 1. The molecule has 1 saturated heterocycles. The van der Waals surface area contributed by atoms with Crippen molar-refractivity contribution in [2.24, 2.45) is 12.8 Å². The molecule has 3 aromatic heterocycles. The second-order valence-corrected chi connectivity index (χ2v) is 9.41. The molecule has 0 unspecified atom stereocenters. The van der Waals surface area contributed by atoms with Crippen LogP contribution in [0.4, 0.5) is 5.82 Å². The van der Waals surface area contributed by atoms with Crippen LogP contribution in [0.25, 0.3) is 21.9 Å². The normalized spacial score (nSPS) is 15.5. The first kappa shape index (κ1) is 25.2. The second-order valence-electron chi connectivity index (χ2n) is 9.41. The highest BCUT2D eigenvalue weighted by Crippen LogP contribution is 2.32. The van der Waals surface area contributed by atoms with E-state index in [0.717, 1.165) is 28.3 Å². The van der Waals surface area contributed by atoms with Gasteiger partial charge in [-0.05, 0) is 25.8 Å². The molecular weight excluding hydrogens is 484 g/mol. The van der Waals surface area contributed by atoms with E-state index < -0.39 is 17.2 Å². The van der Waals surface area contributed by atoms with E-state index >= 15 is 0 Å². The number of benzene rings is 1. The van der Waals surface area contributed by atoms with Gasteiger partial charge >= 0.3 is 5.69 Å². The van der Waals surface area contributed by atoms with Crippen LogP contribution in [-0.2, 0) is 20.1 Å². The van der Waals surface area contributed by atoms with E-state index in [9.17, 15) is 14.4 Å². The lowest BCUT2D eigenvalue weighted by Gasteiger charge is -2.33. The molecule has 0 bridgehead atoms. The molecule has 4 aromatic rings. The number of aryl methyl sites for hydroxylation is 1.